The van der Waals surface area contributed by atoms with Crippen molar-refractivity contribution in [2.75, 3.05) is 4.90 Å². The van der Waals surface area contributed by atoms with Crippen LogP contribution in [-0.2, 0) is 23.2 Å². The highest BCUT2D eigenvalue weighted by Crippen LogP contribution is 2.24. The van der Waals surface area contributed by atoms with Gasteiger partial charge in [0.15, 0.2) is 13.0 Å². The van der Waals surface area contributed by atoms with Crippen LogP contribution in [0.15, 0.2) is 28.8 Å². The van der Waals surface area contributed by atoms with Gasteiger partial charge in [0, 0.05) is 3.57 Å². The molecule has 1 aliphatic rings. The van der Waals surface area contributed by atoms with E-state index in [0.717, 1.165) is 3.57 Å². The number of carbonyl (C=O) groups is 2. The normalized spacial score (nSPS) is 18.0. The monoisotopic (exact) mass is 428 g/mol. The fourth-order valence-corrected chi connectivity index (χ4v) is 2.75. The zero-order valence-corrected chi connectivity index (χ0v) is 14.3. The molecule has 0 spiro atoms. The predicted molar refractivity (Wildman–Crippen MR) is 84.0 cm³/mol. The van der Waals surface area contributed by atoms with Gasteiger partial charge in [0.2, 0.25) is 11.6 Å². The van der Waals surface area contributed by atoms with E-state index in [1.54, 1.807) is 19.2 Å². The average molecular weight is 428 g/mol. The van der Waals surface area contributed by atoms with E-state index in [-0.39, 0.29) is 30.5 Å². The van der Waals surface area contributed by atoms with Crippen molar-refractivity contribution in [3.05, 3.63) is 33.5 Å². The van der Waals surface area contributed by atoms with Crippen LogP contribution in [0.1, 0.15) is 12.1 Å². The van der Waals surface area contributed by atoms with Crippen LogP contribution >= 0.6 is 22.6 Å². The quantitative estimate of drug-likeness (QED) is 0.404. The molecular formula is C14H13IN4O4. The van der Waals surface area contributed by atoms with Gasteiger partial charge >= 0.3 is 0 Å². The number of imide groups is 1. The Kier molecular flexibility index (Phi) is 4.31. The Balaban J connectivity index is 1.72. The lowest BCUT2D eigenvalue weighted by molar-refractivity contribution is -0.746. The number of carbonyl (C=O) groups excluding carboxylic acids is 2. The summed E-state index contributed by atoms with van der Waals surface area (Å²) in [5, 5.41) is 17.9. The van der Waals surface area contributed by atoms with Gasteiger partial charge in [-0.05, 0) is 46.9 Å². The van der Waals surface area contributed by atoms with Gasteiger partial charge in [-0.1, -0.05) is 4.68 Å². The van der Waals surface area contributed by atoms with Crippen molar-refractivity contribution < 1.29 is 23.9 Å². The topological polar surface area (TPSA) is 102 Å². The van der Waals surface area contributed by atoms with Crippen LogP contribution in [-0.4, -0.2) is 23.1 Å². The molecule has 1 fully saturated rings. The maximum atomic E-state index is 12.4. The van der Waals surface area contributed by atoms with Crippen LogP contribution in [0.3, 0.4) is 0 Å². The van der Waals surface area contributed by atoms with E-state index in [1.807, 2.05) is 12.1 Å². The van der Waals surface area contributed by atoms with Gasteiger partial charge in [0.1, 0.15) is 0 Å². The van der Waals surface area contributed by atoms with Crippen molar-refractivity contribution >= 4 is 40.1 Å². The predicted octanol–water partition coefficient (Wildman–Crippen LogP) is -0.401. The van der Waals surface area contributed by atoms with Crippen molar-refractivity contribution in [1.82, 2.24) is 10.6 Å². The third-order valence-electron chi connectivity index (χ3n) is 3.62. The molecule has 23 heavy (non-hydrogen) atoms. The Bertz CT molecular complexity index is 739. The summed E-state index contributed by atoms with van der Waals surface area (Å²) < 4.78 is 6.83. The zero-order valence-electron chi connectivity index (χ0n) is 12.2. The largest absolute Gasteiger partial charge is 0.539 e. The number of anilines is 1. The van der Waals surface area contributed by atoms with E-state index < -0.39 is 12.0 Å². The number of benzene rings is 1. The van der Waals surface area contributed by atoms with Gasteiger partial charge in [0.25, 0.3) is 5.91 Å². The van der Waals surface area contributed by atoms with E-state index in [4.69, 9.17) is 0 Å². The lowest BCUT2D eigenvalue weighted by atomic mass is 10.2. The van der Waals surface area contributed by atoms with Crippen LogP contribution in [0.4, 0.5) is 5.69 Å². The number of halogens is 1. The standard InChI is InChI=1S/C14H13IN4O4/c1-18-11(14(22)23-17-18)7-16-10-6-12(20)19(13(10)21)9-4-2-8(15)3-5-9/h2-5,10,16H,6-7H2,1H3. The zero-order chi connectivity index (χ0) is 16.6. The molecular weight excluding hydrogens is 415 g/mol. The first-order chi connectivity index (χ1) is 11.0. The Labute approximate surface area is 145 Å². The molecule has 2 amide bonds. The molecule has 1 aliphatic heterocycles. The number of hydrogen-bond donors (Lipinski definition) is 1. The minimum atomic E-state index is -0.670. The van der Waals surface area contributed by atoms with Crippen molar-refractivity contribution in [2.24, 2.45) is 7.05 Å². The van der Waals surface area contributed by atoms with Gasteiger partial charge in [-0.2, -0.15) is 0 Å². The third kappa shape index (κ3) is 3.06. The Morgan fingerprint density at radius 2 is 2.13 bits per heavy atom. The Morgan fingerprint density at radius 1 is 1.43 bits per heavy atom. The van der Waals surface area contributed by atoms with Gasteiger partial charge in [-0.15, -0.1) is 0 Å². The summed E-state index contributed by atoms with van der Waals surface area (Å²) in [6.45, 7) is 0.100. The van der Waals surface area contributed by atoms with Gasteiger partial charge in [0.05, 0.1) is 30.0 Å². The minimum absolute atomic E-state index is 0.0496. The lowest BCUT2D eigenvalue weighted by Gasteiger charge is -2.15. The van der Waals surface area contributed by atoms with E-state index >= 15 is 0 Å². The molecule has 1 aromatic carbocycles. The summed E-state index contributed by atoms with van der Waals surface area (Å²) in [6.07, 6.45) is 0.0496. The van der Waals surface area contributed by atoms with Crippen molar-refractivity contribution in [2.45, 2.75) is 19.0 Å². The second kappa shape index (κ2) is 6.24. The van der Waals surface area contributed by atoms with Crippen LogP contribution < -0.4 is 20.0 Å². The second-order valence-corrected chi connectivity index (χ2v) is 6.36. The molecule has 2 heterocycles. The highest BCUT2D eigenvalue weighted by molar-refractivity contribution is 14.1. The molecule has 0 saturated carbocycles. The maximum absolute atomic E-state index is 12.4. The molecule has 1 atom stereocenters. The van der Waals surface area contributed by atoms with Crippen LogP contribution in [0.2, 0.25) is 0 Å². The molecule has 0 aliphatic carbocycles. The Hall–Kier alpha value is -2.01. The van der Waals surface area contributed by atoms with E-state index in [1.165, 1.54) is 9.58 Å². The second-order valence-electron chi connectivity index (χ2n) is 5.11. The first-order valence-electron chi connectivity index (χ1n) is 6.85. The number of aryl methyl sites for hydroxylation is 1. The molecule has 0 bridgehead atoms. The number of hydrogen-bond acceptors (Lipinski definition) is 6. The molecule has 9 heteroatoms. The van der Waals surface area contributed by atoms with Crippen LogP contribution in [0, 0.1) is 3.57 Å². The molecule has 3 rings (SSSR count). The number of rotatable bonds is 4. The number of nitrogens with one attached hydrogen (secondary N) is 1. The van der Waals surface area contributed by atoms with E-state index in [2.05, 4.69) is 37.7 Å². The average Bonchev–Trinajstić information content (AvgIpc) is 2.98. The van der Waals surface area contributed by atoms with Crippen LogP contribution in [0.25, 0.3) is 0 Å². The first kappa shape index (κ1) is 15.9. The fourth-order valence-electron chi connectivity index (χ4n) is 2.39. The van der Waals surface area contributed by atoms with Gasteiger partial charge in [-0.3, -0.25) is 14.9 Å². The Morgan fingerprint density at radius 3 is 2.74 bits per heavy atom. The lowest BCUT2D eigenvalue weighted by Crippen LogP contribution is -2.42. The summed E-state index contributed by atoms with van der Waals surface area (Å²) in [4.78, 5) is 25.8. The number of amides is 2. The van der Waals surface area contributed by atoms with E-state index in [0.29, 0.717) is 5.69 Å². The highest BCUT2D eigenvalue weighted by Gasteiger charge is 2.39. The number of aromatic nitrogens is 2. The number of nitrogens with zero attached hydrogens (tertiary/aromatic N) is 3. The molecule has 0 radical (unpaired) electrons. The third-order valence-corrected chi connectivity index (χ3v) is 4.34. The van der Waals surface area contributed by atoms with Crippen molar-refractivity contribution in [3.8, 4) is 5.95 Å². The summed E-state index contributed by atoms with van der Waals surface area (Å²) in [6, 6.07) is 6.46. The summed E-state index contributed by atoms with van der Waals surface area (Å²) in [5.74, 6) is -1.17. The molecule has 120 valence electrons. The molecule has 2 aromatic rings. The van der Waals surface area contributed by atoms with Crippen molar-refractivity contribution in [1.29, 1.82) is 0 Å². The molecule has 8 nitrogen and oxygen atoms in total. The summed E-state index contributed by atoms with van der Waals surface area (Å²) in [5.41, 5.74) is 0.836. The van der Waals surface area contributed by atoms with Crippen molar-refractivity contribution in [3.63, 3.8) is 0 Å². The molecule has 1 saturated heterocycles. The highest BCUT2D eigenvalue weighted by atomic mass is 127. The molecule has 1 aromatic heterocycles. The van der Waals surface area contributed by atoms with Crippen LogP contribution in [0.5, 0.6) is 5.95 Å². The van der Waals surface area contributed by atoms with Gasteiger partial charge in [-0.25, -0.2) is 4.90 Å². The maximum Gasteiger partial charge on any atom is 0.251 e. The molecule has 1 unspecified atom stereocenters. The first-order valence-corrected chi connectivity index (χ1v) is 7.93. The minimum Gasteiger partial charge on any atom is -0.539 e. The smallest absolute Gasteiger partial charge is 0.251 e. The molecule has 1 N–H and O–H groups in total. The summed E-state index contributed by atoms with van der Waals surface area (Å²) >= 11 is 2.15. The summed E-state index contributed by atoms with van der Waals surface area (Å²) in [7, 11) is 1.57. The van der Waals surface area contributed by atoms with E-state index in [9.17, 15) is 14.7 Å². The van der Waals surface area contributed by atoms with Gasteiger partial charge < -0.3 is 9.63 Å². The fraction of sp³-hybridized carbons (Fsp3) is 0.286. The SMILES string of the molecule is C[n+]1noc([O-])c1CNC1CC(=O)N(c2ccc(I)cc2)C1=O.